The number of aromatic nitrogens is 2. The quantitative estimate of drug-likeness (QED) is 0.619. The van der Waals surface area contributed by atoms with Crippen LogP contribution in [0.2, 0.25) is 0 Å². The molecule has 0 aliphatic carbocycles. The molecule has 7 nitrogen and oxygen atoms in total. The molecule has 0 radical (unpaired) electrons. The highest BCUT2D eigenvalue weighted by molar-refractivity contribution is 5.63. The molecule has 2 aromatic carbocycles. The highest BCUT2D eigenvalue weighted by Crippen LogP contribution is 2.31. The number of ether oxygens (including phenoxy) is 2. The van der Waals surface area contributed by atoms with E-state index < -0.39 is 0 Å². The van der Waals surface area contributed by atoms with Crippen molar-refractivity contribution in [3.05, 3.63) is 54.7 Å². The monoisotopic (exact) mass is 324 g/mol. The predicted molar refractivity (Wildman–Crippen MR) is 90.9 cm³/mol. The minimum Gasteiger partial charge on any atom is -0.508 e. The molecule has 0 atom stereocenters. The smallest absolute Gasteiger partial charge is 0.222 e. The standard InChI is InChI=1S/C17H16N4O3/c1-23-13-6-8-14(9-7-13)24-15-10-19-17(18)21-16(15)20-11-2-4-12(22)5-3-11/h2-10,22H,1H3,(H3,18,19,20,21). The normalized spacial score (nSPS) is 10.2. The Morgan fingerprint density at radius 1 is 1.00 bits per heavy atom. The lowest BCUT2D eigenvalue weighted by molar-refractivity contribution is 0.413. The molecule has 1 heterocycles. The Labute approximate surface area is 138 Å². The fraction of sp³-hybridized carbons (Fsp3) is 0.0588. The largest absolute Gasteiger partial charge is 0.508 e. The van der Waals surface area contributed by atoms with Crippen LogP contribution in [0.4, 0.5) is 17.5 Å². The Morgan fingerprint density at radius 2 is 1.67 bits per heavy atom. The molecule has 0 bridgehead atoms. The number of phenols is 1. The van der Waals surface area contributed by atoms with E-state index in [1.165, 1.54) is 6.20 Å². The summed E-state index contributed by atoms with van der Waals surface area (Å²) in [6, 6.07) is 13.7. The van der Waals surface area contributed by atoms with Crippen molar-refractivity contribution in [2.75, 3.05) is 18.2 Å². The Balaban J connectivity index is 1.85. The van der Waals surface area contributed by atoms with Crippen molar-refractivity contribution in [2.24, 2.45) is 0 Å². The zero-order valence-electron chi connectivity index (χ0n) is 12.9. The van der Waals surface area contributed by atoms with Gasteiger partial charge in [0.15, 0.2) is 11.6 Å². The third-order valence-electron chi connectivity index (χ3n) is 3.19. The van der Waals surface area contributed by atoms with Gasteiger partial charge >= 0.3 is 0 Å². The van der Waals surface area contributed by atoms with Crippen LogP contribution in [0.1, 0.15) is 0 Å². The van der Waals surface area contributed by atoms with Crippen LogP contribution in [-0.2, 0) is 0 Å². The van der Waals surface area contributed by atoms with E-state index in [1.54, 1.807) is 55.6 Å². The maximum Gasteiger partial charge on any atom is 0.222 e. The lowest BCUT2D eigenvalue weighted by atomic mass is 10.3. The maximum atomic E-state index is 9.35. The van der Waals surface area contributed by atoms with E-state index in [0.717, 1.165) is 11.4 Å². The third-order valence-corrected chi connectivity index (χ3v) is 3.19. The molecule has 4 N–H and O–H groups in total. The second-order valence-corrected chi connectivity index (χ2v) is 4.89. The van der Waals surface area contributed by atoms with Crippen molar-refractivity contribution in [1.82, 2.24) is 9.97 Å². The molecule has 1 aromatic heterocycles. The predicted octanol–water partition coefficient (Wildman–Crippen LogP) is 3.31. The van der Waals surface area contributed by atoms with Gasteiger partial charge in [0.2, 0.25) is 5.95 Å². The second-order valence-electron chi connectivity index (χ2n) is 4.89. The highest BCUT2D eigenvalue weighted by Gasteiger charge is 2.09. The first-order chi connectivity index (χ1) is 11.6. The molecule has 0 spiro atoms. The van der Waals surface area contributed by atoms with Crippen LogP contribution >= 0.6 is 0 Å². The molecule has 122 valence electrons. The molecule has 0 saturated carbocycles. The second kappa shape index (κ2) is 6.74. The lowest BCUT2D eigenvalue weighted by Crippen LogP contribution is -2.02. The Bertz CT molecular complexity index is 820. The number of anilines is 3. The molecule has 0 aliphatic rings. The molecule has 7 heteroatoms. The van der Waals surface area contributed by atoms with Crippen molar-refractivity contribution in [1.29, 1.82) is 0 Å². The number of nitrogens with zero attached hydrogens (tertiary/aromatic N) is 2. The number of benzene rings is 2. The number of hydrogen-bond acceptors (Lipinski definition) is 7. The van der Waals surface area contributed by atoms with E-state index in [0.29, 0.717) is 17.3 Å². The van der Waals surface area contributed by atoms with E-state index >= 15 is 0 Å². The molecular weight excluding hydrogens is 308 g/mol. The van der Waals surface area contributed by atoms with Crippen LogP contribution in [0.5, 0.6) is 23.0 Å². The maximum absolute atomic E-state index is 9.35. The van der Waals surface area contributed by atoms with Crippen molar-refractivity contribution in [3.8, 4) is 23.0 Å². The van der Waals surface area contributed by atoms with Gasteiger partial charge < -0.3 is 25.6 Å². The zero-order valence-corrected chi connectivity index (χ0v) is 12.9. The van der Waals surface area contributed by atoms with Crippen LogP contribution < -0.4 is 20.5 Å². The fourth-order valence-electron chi connectivity index (χ4n) is 2.00. The molecule has 24 heavy (non-hydrogen) atoms. The van der Waals surface area contributed by atoms with Gasteiger partial charge in [-0.25, -0.2) is 4.98 Å². The van der Waals surface area contributed by atoms with Gasteiger partial charge in [0.05, 0.1) is 13.3 Å². The average Bonchev–Trinajstić information content (AvgIpc) is 2.60. The van der Waals surface area contributed by atoms with Crippen LogP contribution in [-0.4, -0.2) is 22.2 Å². The van der Waals surface area contributed by atoms with Crippen molar-refractivity contribution >= 4 is 17.5 Å². The van der Waals surface area contributed by atoms with Gasteiger partial charge in [-0.05, 0) is 48.5 Å². The summed E-state index contributed by atoms with van der Waals surface area (Å²) in [5.74, 6) is 2.48. The van der Waals surface area contributed by atoms with Crippen LogP contribution in [0.15, 0.2) is 54.7 Å². The summed E-state index contributed by atoms with van der Waals surface area (Å²) in [6.45, 7) is 0. The summed E-state index contributed by atoms with van der Waals surface area (Å²) >= 11 is 0. The van der Waals surface area contributed by atoms with Gasteiger partial charge in [0.1, 0.15) is 17.2 Å². The van der Waals surface area contributed by atoms with E-state index in [9.17, 15) is 5.11 Å². The van der Waals surface area contributed by atoms with Gasteiger partial charge in [-0.3, -0.25) is 0 Å². The number of methoxy groups -OCH3 is 1. The van der Waals surface area contributed by atoms with Gasteiger partial charge in [-0.15, -0.1) is 0 Å². The van der Waals surface area contributed by atoms with E-state index in [1.807, 2.05) is 0 Å². The minimum atomic E-state index is 0.123. The van der Waals surface area contributed by atoms with Crippen molar-refractivity contribution in [3.63, 3.8) is 0 Å². The molecule has 0 fully saturated rings. The van der Waals surface area contributed by atoms with Gasteiger partial charge in [-0.2, -0.15) is 4.98 Å². The van der Waals surface area contributed by atoms with Crippen LogP contribution in [0.3, 0.4) is 0 Å². The number of aromatic hydroxyl groups is 1. The van der Waals surface area contributed by atoms with Gasteiger partial charge in [0.25, 0.3) is 0 Å². The number of nitrogen functional groups attached to an aromatic ring is 1. The SMILES string of the molecule is COc1ccc(Oc2cnc(N)nc2Nc2ccc(O)cc2)cc1. The summed E-state index contributed by atoms with van der Waals surface area (Å²) < 4.78 is 10.9. The molecule has 0 amide bonds. The summed E-state index contributed by atoms with van der Waals surface area (Å²) in [5.41, 5.74) is 6.39. The lowest BCUT2D eigenvalue weighted by Gasteiger charge is -2.12. The summed E-state index contributed by atoms with van der Waals surface area (Å²) in [5, 5.41) is 12.4. The third kappa shape index (κ3) is 3.64. The molecule has 0 saturated heterocycles. The number of nitrogens with one attached hydrogen (secondary N) is 1. The summed E-state index contributed by atoms with van der Waals surface area (Å²) in [7, 11) is 1.60. The number of phenolic OH excluding ortho intramolecular Hbond substituents is 1. The Hall–Kier alpha value is -3.48. The van der Waals surface area contributed by atoms with Gasteiger partial charge in [0, 0.05) is 5.69 Å². The molecular formula is C17H16N4O3. The number of hydrogen-bond donors (Lipinski definition) is 3. The number of nitrogens with two attached hydrogens (primary N) is 1. The first-order valence-electron chi connectivity index (χ1n) is 7.14. The minimum absolute atomic E-state index is 0.123. The van der Waals surface area contributed by atoms with Gasteiger partial charge in [-0.1, -0.05) is 0 Å². The molecule has 3 aromatic rings. The van der Waals surface area contributed by atoms with Crippen molar-refractivity contribution in [2.45, 2.75) is 0 Å². The number of rotatable bonds is 5. The molecule has 0 aliphatic heterocycles. The average molecular weight is 324 g/mol. The zero-order chi connectivity index (χ0) is 16.9. The van der Waals surface area contributed by atoms with Crippen molar-refractivity contribution < 1.29 is 14.6 Å². The first kappa shape index (κ1) is 15.4. The van der Waals surface area contributed by atoms with Crippen LogP contribution in [0, 0.1) is 0 Å². The highest BCUT2D eigenvalue weighted by atomic mass is 16.5. The van der Waals surface area contributed by atoms with E-state index in [4.69, 9.17) is 15.2 Å². The first-order valence-corrected chi connectivity index (χ1v) is 7.14. The molecule has 3 rings (SSSR count). The topological polar surface area (TPSA) is 103 Å². The van der Waals surface area contributed by atoms with Crippen LogP contribution in [0.25, 0.3) is 0 Å². The summed E-state index contributed by atoms with van der Waals surface area (Å²) in [6.07, 6.45) is 1.50. The van der Waals surface area contributed by atoms with E-state index in [-0.39, 0.29) is 11.7 Å². The Morgan fingerprint density at radius 3 is 2.33 bits per heavy atom. The Kier molecular flexibility index (Phi) is 4.33. The summed E-state index contributed by atoms with van der Waals surface area (Å²) in [4.78, 5) is 8.13. The fourth-order valence-corrected chi connectivity index (χ4v) is 2.00. The van der Waals surface area contributed by atoms with E-state index in [2.05, 4.69) is 15.3 Å². The molecule has 0 unspecified atom stereocenters.